The summed E-state index contributed by atoms with van der Waals surface area (Å²) in [5, 5.41) is 7.54. The zero-order valence-electron chi connectivity index (χ0n) is 13.7. The zero-order chi connectivity index (χ0) is 16.4. The van der Waals surface area contributed by atoms with Gasteiger partial charge in [0.15, 0.2) is 0 Å². The normalized spacial score (nSPS) is 21.0. The number of fused-ring (bicyclic) bond motifs is 1. The summed E-state index contributed by atoms with van der Waals surface area (Å²) in [6, 6.07) is 4.25. The highest BCUT2D eigenvalue weighted by molar-refractivity contribution is 5.74. The molecule has 0 radical (unpaired) electrons. The van der Waals surface area contributed by atoms with E-state index in [4.69, 9.17) is 4.42 Å². The Labute approximate surface area is 141 Å². The van der Waals surface area contributed by atoms with Crippen LogP contribution in [0.1, 0.15) is 30.1 Å². The third-order valence-electron chi connectivity index (χ3n) is 4.82. The molecule has 2 aromatic rings. The second-order valence-electron chi connectivity index (χ2n) is 6.60. The first-order valence-corrected chi connectivity index (χ1v) is 8.58. The number of nitrogens with zero attached hydrogens (tertiary/aromatic N) is 4. The van der Waals surface area contributed by atoms with Crippen LogP contribution in [-0.4, -0.2) is 51.8 Å². The molecule has 7 nitrogen and oxygen atoms in total. The number of urea groups is 1. The van der Waals surface area contributed by atoms with E-state index in [2.05, 4.69) is 26.1 Å². The van der Waals surface area contributed by atoms with Crippen LogP contribution in [0.25, 0.3) is 0 Å². The van der Waals surface area contributed by atoms with Gasteiger partial charge in [0.25, 0.3) is 0 Å². The molecule has 4 rings (SSSR count). The van der Waals surface area contributed by atoms with Crippen LogP contribution in [0.15, 0.2) is 35.3 Å². The topological polar surface area (TPSA) is 66.5 Å². The molecule has 0 aliphatic carbocycles. The van der Waals surface area contributed by atoms with Crippen LogP contribution in [0.5, 0.6) is 0 Å². The minimum absolute atomic E-state index is 0.0492. The number of likely N-dealkylation sites (tertiary alicyclic amines) is 1. The van der Waals surface area contributed by atoms with Crippen molar-refractivity contribution in [1.29, 1.82) is 0 Å². The van der Waals surface area contributed by atoms with E-state index in [1.54, 1.807) is 12.5 Å². The summed E-state index contributed by atoms with van der Waals surface area (Å²) in [4.78, 5) is 16.5. The number of rotatable bonds is 4. The molecule has 7 heteroatoms. The first-order chi connectivity index (χ1) is 11.8. The molecule has 2 aromatic heterocycles. The van der Waals surface area contributed by atoms with Crippen LogP contribution in [0.4, 0.5) is 4.79 Å². The van der Waals surface area contributed by atoms with E-state index in [1.807, 2.05) is 17.2 Å². The molecule has 2 aliphatic heterocycles. The highest BCUT2D eigenvalue weighted by Crippen LogP contribution is 2.22. The fraction of sp³-hybridized carbons (Fsp3) is 0.529. The maximum Gasteiger partial charge on any atom is 0.317 e. The predicted molar refractivity (Wildman–Crippen MR) is 88.3 cm³/mol. The Morgan fingerprint density at radius 1 is 1.33 bits per heavy atom. The minimum Gasteiger partial charge on any atom is -0.472 e. The van der Waals surface area contributed by atoms with Gasteiger partial charge in [-0.1, -0.05) is 0 Å². The largest absolute Gasteiger partial charge is 0.472 e. The molecule has 0 aromatic carbocycles. The molecule has 2 aliphatic rings. The molecule has 1 atom stereocenters. The van der Waals surface area contributed by atoms with Crippen molar-refractivity contribution in [3.8, 4) is 0 Å². The lowest BCUT2D eigenvalue weighted by Gasteiger charge is -2.34. The van der Waals surface area contributed by atoms with E-state index in [-0.39, 0.29) is 12.1 Å². The summed E-state index contributed by atoms with van der Waals surface area (Å²) in [6.45, 7) is 4.91. The molecule has 2 amide bonds. The smallest absolute Gasteiger partial charge is 0.317 e. The number of nitrogens with one attached hydrogen (secondary N) is 1. The Hall–Kier alpha value is -2.28. The Morgan fingerprint density at radius 2 is 2.21 bits per heavy atom. The number of furan rings is 1. The maximum absolute atomic E-state index is 12.2. The lowest BCUT2D eigenvalue weighted by Crippen LogP contribution is -2.45. The van der Waals surface area contributed by atoms with Crippen molar-refractivity contribution in [2.75, 3.05) is 26.2 Å². The third kappa shape index (κ3) is 3.17. The molecule has 128 valence electrons. The Balaban J connectivity index is 1.40. The van der Waals surface area contributed by atoms with E-state index < -0.39 is 0 Å². The lowest BCUT2D eigenvalue weighted by molar-refractivity contribution is 0.161. The number of aromatic nitrogens is 2. The molecule has 0 spiro atoms. The standard InChI is InChI=1S/C17H23N5O2/c23-17(21-6-1-2-7-21)18-9-16-12-20(10-14-4-8-24-13-14)11-15-3-5-19-22(15)16/h3-5,8,13,16H,1-2,6-7,9-12H2,(H,18,23)/t16-/m0/s1. The van der Waals surface area contributed by atoms with Crippen molar-refractivity contribution in [1.82, 2.24) is 24.9 Å². The van der Waals surface area contributed by atoms with E-state index in [0.717, 1.165) is 45.6 Å². The first kappa shape index (κ1) is 15.3. The van der Waals surface area contributed by atoms with Gasteiger partial charge in [-0.3, -0.25) is 9.58 Å². The summed E-state index contributed by atoms with van der Waals surface area (Å²) in [6.07, 6.45) is 7.55. The van der Waals surface area contributed by atoms with Crippen molar-refractivity contribution < 1.29 is 9.21 Å². The van der Waals surface area contributed by atoms with Gasteiger partial charge in [-0.05, 0) is 25.0 Å². The van der Waals surface area contributed by atoms with Crippen molar-refractivity contribution in [3.63, 3.8) is 0 Å². The monoisotopic (exact) mass is 329 g/mol. The lowest BCUT2D eigenvalue weighted by atomic mass is 10.1. The fourth-order valence-corrected chi connectivity index (χ4v) is 3.61. The Bertz CT molecular complexity index is 675. The molecule has 1 saturated heterocycles. The first-order valence-electron chi connectivity index (χ1n) is 8.58. The molecule has 0 unspecified atom stereocenters. The van der Waals surface area contributed by atoms with E-state index in [9.17, 15) is 4.79 Å². The van der Waals surface area contributed by atoms with Crippen molar-refractivity contribution in [3.05, 3.63) is 42.1 Å². The van der Waals surface area contributed by atoms with Gasteiger partial charge in [-0.2, -0.15) is 5.10 Å². The van der Waals surface area contributed by atoms with Crippen LogP contribution in [0, 0.1) is 0 Å². The second-order valence-corrected chi connectivity index (χ2v) is 6.60. The van der Waals surface area contributed by atoms with E-state index in [0.29, 0.717) is 6.54 Å². The van der Waals surface area contributed by atoms with Gasteiger partial charge in [0.05, 0.1) is 24.3 Å². The maximum atomic E-state index is 12.2. The number of amides is 2. The fourth-order valence-electron chi connectivity index (χ4n) is 3.61. The third-order valence-corrected chi connectivity index (χ3v) is 4.82. The van der Waals surface area contributed by atoms with Crippen LogP contribution in [-0.2, 0) is 13.1 Å². The van der Waals surface area contributed by atoms with Gasteiger partial charge in [0, 0.05) is 51.0 Å². The summed E-state index contributed by atoms with van der Waals surface area (Å²) < 4.78 is 7.22. The Kier molecular flexibility index (Phi) is 4.25. The predicted octanol–water partition coefficient (Wildman–Crippen LogP) is 1.84. The van der Waals surface area contributed by atoms with Crippen LogP contribution < -0.4 is 5.32 Å². The molecule has 1 N–H and O–H groups in total. The van der Waals surface area contributed by atoms with Crippen LogP contribution in [0.2, 0.25) is 0 Å². The second kappa shape index (κ2) is 6.68. The summed E-state index contributed by atoms with van der Waals surface area (Å²) in [5.41, 5.74) is 2.35. The molecule has 0 saturated carbocycles. The summed E-state index contributed by atoms with van der Waals surface area (Å²) in [7, 11) is 0. The number of carbonyl (C=O) groups excluding carboxylic acids is 1. The van der Waals surface area contributed by atoms with Gasteiger partial charge in [0.2, 0.25) is 0 Å². The van der Waals surface area contributed by atoms with Gasteiger partial charge < -0.3 is 14.6 Å². The van der Waals surface area contributed by atoms with Gasteiger partial charge >= 0.3 is 6.03 Å². The molecule has 4 heterocycles. The molecule has 1 fully saturated rings. The molecular formula is C17H23N5O2. The van der Waals surface area contributed by atoms with Crippen molar-refractivity contribution >= 4 is 6.03 Å². The van der Waals surface area contributed by atoms with Crippen molar-refractivity contribution in [2.45, 2.75) is 32.0 Å². The summed E-state index contributed by atoms with van der Waals surface area (Å²) in [5.74, 6) is 0. The average molecular weight is 329 g/mol. The zero-order valence-corrected chi connectivity index (χ0v) is 13.7. The van der Waals surface area contributed by atoms with Gasteiger partial charge in [-0.15, -0.1) is 0 Å². The van der Waals surface area contributed by atoms with Gasteiger partial charge in [-0.25, -0.2) is 4.79 Å². The molecule has 0 bridgehead atoms. The average Bonchev–Trinajstić information content (AvgIpc) is 3.32. The van der Waals surface area contributed by atoms with E-state index >= 15 is 0 Å². The SMILES string of the molecule is O=C(NC[C@H]1CN(Cc2ccoc2)Cc2ccnn21)N1CCCC1. The Morgan fingerprint density at radius 3 is 3.00 bits per heavy atom. The van der Waals surface area contributed by atoms with E-state index in [1.165, 1.54) is 11.3 Å². The minimum atomic E-state index is 0.0492. The highest BCUT2D eigenvalue weighted by Gasteiger charge is 2.27. The molecular weight excluding hydrogens is 306 g/mol. The summed E-state index contributed by atoms with van der Waals surface area (Å²) >= 11 is 0. The quantitative estimate of drug-likeness (QED) is 0.929. The van der Waals surface area contributed by atoms with Gasteiger partial charge in [0.1, 0.15) is 0 Å². The highest BCUT2D eigenvalue weighted by atomic mass is 16.3. The number of hydrogen-bond donors (Lipinski definition) is 1. The van der Waals surface area contributed by atoms with Crippen molar-refractivity contribution in [2.24, 2.45) is 0 Å². The number of carbonyl (C=O) groups is 1. The number of hydrogen-bond acceptors (Lipinski definition) is 4. The van der Waals surface area contributed by atoms with Crippen LogP contribution >= 0.6 is 0 Å². The van der Waals surface area contributed by atoms with Crippen LogP contribution in [0.3, 0.4) is 0 Å². The molecule has 24 heavy (non-hydrogen) atoms.